The van der Waals surface area contributed by atoms with Crippen LogP contribution < -0.4 is 5.32 Å². The number of nitrogens with zero attached hydrogens (tertiary/aromatic N) is 2. The first-order valence-corrected chi connectivity index (χ1v) is 14.1. The largest absolute Gasteiger partial charge is 0.356 e. The Kier molecular flexibility index (Phi) is 7.12. The lowest BCUT2D eigenvalue weighted by Crippen LogP contribution is -2.48. The van der Waals surface area contributed by atoms with Crippen LogP contribution in [0.15, 0.2) is 70.0 Å². The Morgan fingerprint density at radius 2 is 1.74 bits per heavy atom. The molecule has 5 rings (SSSR count). The lowest BCUT2D eigenvalue weighted by molar-refractivity contribution is -0.129. The first-order chi connectivity index (χ1) is 16.9. The molecule has 1 amide bonds. The number of carbonyl (C=O) groups excluding carboxylic acids is 1. The topological polar surface area (TPSA) is 37.3 Å². The maximum atomic E-state index is 13.9. The van der Waals surface area contributed by atoms with Gasteiger partial charge in [-0.05, 0) is 86.7 Å². The van der Waals surface area contributed by atoms with Crippen LogP contribution in [0.5, 0.6) is 0 Å². The van der Waals surface area contributed by atoms with Crippen LogP contribution in [0.25, 0.3) is 11.8 Å². The van der Waals surface area contributed by atoms with Crippen molar-refractivity contribution < 1.29 is 4.79 Å². The van der Waals surface area contributed by atoms with E-state index in [0.29, 0.717) is 5.92 Å². The molecule has 35 heavy (non-hydrogen) atoms. The third kappa shape index (κ3) is 4.96. The second-order valence-electron chi connectivity index (χ2n) is 9.67. The van der Waals surface area contributed by atoms with E-state index in [1.165, 1.54) is 19.3 Å². The lowest BCUT2D eigenvalue weighted by Gasteiger charge is -2.39. The van der Waals surface area contributed by atoms with Gasteiger partial charge in [0, 0.05) is 33.3 Å². The summed E-state index contributed by atoms with van der Waals surface area (Å²) in [6.45, 7) is 6.55. The summed E-state index contributed by atoms with van der Waals surface area (Å²) in [4.78, 5) is 16.8. The van der Waals surface area contributed by atoms with Crippen molar-refractivity contribution in [1.82, 2.24) is 9.47 Å². The van der Waals surface area contributed by atoms with Crippen molar-refractivity contribution >= 4 is 45.4 Å². The van der Waals surface area contributed by atoms with Gasteiger partial charge < -0.3 is 14.8 Å². The van der Waals surface area contributed by atoms with Crippen LogP contribution in [0.2, 0.25) is 0 Å². The zero-order chi connectivity index (χ0) is 24.5. The molecule has 2 aromatic carbocycles. The number of anilines is 1. The first-order valence-electron chi connectivity index (χ1n) is 12.4. The number of carbonyl (C=O) groups is 1. The monoisotopic (exact) mass is 549 g/mol. The van der Waals surface area contributed by atoms with Crippen LogP contribution in [0.3, 0.4) is 0 Å². The summed E-state index contributed by atoms with van der Waals surface area (Å²) in [5.41, 5.74) is 5.46. The van der Waals surface area contributed by atoms with E-state index in [2.05, 4.69) is 100 Å². The zero-order valence-corrected chi connectivity index (χ0v) is 22.9. The molecule has 0 bridgehead atoms. The minimum atomic E-state index is -0.100. The SMILES string of the molecule is Cc1cc(/C=C2\SC(Nc3ccccc3)N([C@H]3CCCC[C@@H]3C)C2=O)c(C)n1-c1ccc(Br)cc1. The normalized spacial score (nSPS) is 23.8. The number of para-hydroxylation sites is 1. The number of hydrogen-bond donors (Lipinski definition) is 1. The van der Waals surface area contributed by atoms with Crippen LogP contribution in [-0.2, 0) is 4.79 Å². The van der Waals surface area contributed by atoms with Crippen molar-refractivity contribution in [2.24, 2.45) is 5.92 Å². The van der Waals surface area contributed by atoms with Gasteiger partial charge in [0.05, 0.1) is 4.91 Å². The van der Waals surface area contributed by atoms with E-state index in [0.717, 1.165) is 44.1 Å². The standard InChI is InChI=1S/C29H32BrN3OS/c1-19-9-7-8-12-26(19)33-28(34)27(35-29(33)31-24-10-5-4-6-11-24)18-22-17-20(2)32(21(22)3)25-15-13-23(30)14-16-25/h4-6,10-11,13-19,26,29,31H,7-9,12H2,1-3H3/b27-18-/t19-,26-,29?/m0/s1. The maximum absolute atomic E-state index is 13.9. The Morgan fingerprint density at radius 1 is 1.03 bits per heavy atom. The lowest BCUT2D eigenvalue weighted by atomic mass is 9.85. The molecule has 182 valence electrons. The molecule has 0 spiro atoms. The molecule has 2 fully saturated rings. The third-order valence-electron chi connectivity index (χ3n) is 7.27. The average molecular weight is 551 g/mol. The number of halogens is 1. The Balaban J connectivity index is 1.49. The van der Waals surface area contributed by atoms with Gasteiger partial charge in [-0.2, -0.15) is 0 Å². The van der Waals surface area contributed by atoms with Crippen molar-refractivity contribution in [2.45, 2.75) is 58.0 Å². The third-order valence-corrected chi connectivity index (χ3v) is 8.91. The summed E-state index contributed by atoms with van der Waals surface area (Å²) in [7, 11) is 0. The highest BCUT2D eigenvalue weighted by Gasteiger charge is 2.43. The Morgan fingerprint density at radius 3 is 2.46 bits per heavy atom. The number of amides is 1. The second kappa shape index (κ2) is 10.3. The summed E-state index contributed by atoms with van der Waals surface area (Å²) in [6.07, 6.45) is 6.80. The van der Waals surface area contributed by atoms with Gasteiger partial charge in [-0.15, -0.1) is 0 Å². The fourth-order valence-corrected chi connectivity index (χ4v) is 6.90. The minimum absolute atomic E-state index is 0.100. The molecule has 2 aliphatic rings. The minimum Gasteiger partial charge on any atom is -0.356 e. The summed E-state index contributed by atoms with van der Waals surface area (Å²) < 4.78 is 3.32. The van der Waals surface area contributed by atoms with Crippen LogP contribution in [0, 0.1) is 19.8 Å². The summed E-state index contributed by atoms with van der Waals surface area (Å²) >= 11 is 5.17. The fourth-order valence-electron chi connectivity index (χ4n) is 5.43. The quantitative estimate of drug-likeness (QED) is 0.330. The number of aryl methyl sites for hydroxylation is 1. The van der Waals surface area contributed by atoms with Crippen LogP contribution in [0.4, 0.5) is 5.69 Å². The van der Waals surface area contributed by atoms with Gasteiger partial charge in [0.2, 0.25) is 0 Å². The average Bonchev–Trinajstić information content (AvgIpc) is 3.30. The molecule has 1 N–H and O–H groups in total. The highest BCUT2D eigenvalue weighted by atomic mass is 79.9. The number of aromatic nitrogens is 1. The smallest absolute Gasteiger partial charge is 0.262 e. The van der Waals surface area contributed by atoms with Crippen molar-refractivity contribution in [3.63, 3.8) is 0 Å². The van der Waals surface area contributed by atoms with E-state index in [-0.39, 0.29) is 17.4 Å². The molecule has 2 heterocycles. The van der Waals surface area contributed by atoms with E-state index < -0.39 is 0 Å². The van der Waals surface area contributed by atoms with Gasteiger partial charge in [0.1, 0.15) is 0 Å². The number of nitrogens with one attached hydrogen (secondary N) is 1. The number of thioether (sulfide) groups is 1. The summed E-state index contributed by atoms with van der Waals surface area (Å²) in [5, 5.41) is 3.63. The molecule has 1 aliphatic heterocycles. The van der Waals surface area contributed by atoms with E-state index >= 15 is 0 Å². The molecular formula is C29H32BrN3OS. The number of rotatable bonds is 5. The van der Waals surface area contributed by atoms with Crippen molar-refractivity contribution in [2.75, 3.05) is 5.32 Å². The molecule has 1 unspecified atom stereocenters. The fraction of sp³-hybridized carbons (Fsp3) is 0.345. The molecule has 1 saturated carbocycles. The molecule has 1 saturated heterocycles. The Labute approximate surface area is 220 Å². The van der Waals surface area contributed by atoms with Gasteiger partial charge in [0.15, 0.2) is 5.50 Å². The van der Waals surface area contributed by atoms with Gasteiger partial charge in [0.25, 0.3) is 5.91 Å². The number of hydrogen-bond acceptors (Lipinski definition) is 3. The van der Waals surface area contributed by atoms with E-state index in [1.54, 1.807) is 11.8 Å². The van der Waals surface area contributed by atoms with Crippen LogP contribution in [0.1, 0.15) is 49.6 Å². The molecule has 6 heteroatoms. The van der Waals surface area contributed by atoms with E-state index in [4.69, 9.17) is 0 Å². The Bertz CT molecular complexity index is 1230. The van der Waals surface area contributed by atoms with Crippen LogP contribution in [-0.4, -0.2) is 26.9 Å². The molecular weight excluding hydrogens is 518 g/mol. The first kappa shape index (κ1) is 24.3. The summed E-state index contributed by atoms with van der Waals surface area (Å²) in [5.74, 6) is 0.658. The van der Waals surface area contributed by atoms with E-state index in [9.17, 15) is 4.79 Å². The molecule has 1 aromatic heterocycles. The number of benzene rings is 2. The molecule has 4 nitrogen and oxygen atoms in total. The van der Waals surface area contributed by atoms with Gasteiger partial charge >= 0.3 is 0 Å². The van der Waals surface area contributed by atoms with Gasteiger partial charge in [-0.25, -0.2) is 0 Å². The molecule has 1 aliphatic carbocycles. The van der Waals surface area contributed by atoms with Crippen molar-refractivity contribution in [3.05, 3.63) is 87.0 Å². The van der Waals surface area contributed by atoms with Crippen molar-refractivity contribution in [3.8, 4) is 5.69 Å². The second-order valence-corrected chi connectivity index (χ2v) is 11.7. The van der Waals surface area contributed by atoms with Gasteiger partial charge in [-0.1, -0.05) is 65.7 Å². The van der Waals surface area contributed by atoms with Crippen LogP contribution >= 0.6 is 27.7 Å². The summed E-state index contributed by atoms with van der Waals surface area (Å²) in [6, 6.07) is 21.0. The molecule has 3 atom stereocenters. The molecule has 0 radical (unpaired) electrons. The van der Waals surface area contributed by atoms with Crippen molar-refractivity contribution in [1.29, 1.82) is 0 Å². The molecule has 3 aromatic rings. The maximum Gasteiger partial charge on any atom is 0.262 e. The Hall–Kier alpha value is -2.44. The predicted octanol–water partition coefficient (Wildman–Crippen LogP) is 7.75. The van der Waals surface area contributed by atoms with Gasteiger partial charge in [-0.3, -0.25) is 4.79 Å². The zero-order valence-electron chi connectivity index (χ0n) is 20.5. The highest BCUT2D eigenvalue weighted by molar-refractivity contribution is 9.10. The highest BCUT2D eigenvalue weighted by Crippen LogP contribution is 2.42. The van der Waals surface area contributed by atoms with E-state index in [1.807, 2.05) is 18.2 Å². The predicted molar refractivity (Wildman–Crippen MR) is 151 cm³/mol.